The van der Waals surface area contributed by atoms with E-state index in [0.717, 1.165) is 30.5 Å². The molecule has 1 heterocycles. The molecule has 1 fully saturated rings. The summed E-state index contributed by atoms with van der Waals surface area (Å²) in [6.45, 7) is 12.3. The number of unbranched alkanes of at least 4 members (excludes halogenated alkanes) is 2. The minimum Gasteiger partial charge on any atom is -0.330 e. The summed E-state index contributed by atoms with van der Waals surface area (Å²) in [6, 6.07) is 0. The topological polar surface area (TPSA) is 66.5 Å². The Morgan fingerprint density at radius 1 is 1.12 bits per heavy atom. The van der Waals surface area contributed by atoms with Crippen LogP contribution in [0.4, 0.5) is 0 Å². The maximum absolute atomic E-state index is 12.4. The molecule has 0 spiro atoms. The van der Waals surface area contributed by atoms with Crippen LogP contribution < -0.4 is 5.32 Å². The van der Waals surface area contributed by atoms with Gasteiger partial charge in [0.1, 0.15) is 0 Å². The Morgan fingerprint density at radius 3 is 2.25 bits per heavy atom. The van der Waals surface area contributed by atoms with Crippen molar-refractivity contribution in [2.45, 2.75) is 73.6 Å². The van der Waals surface area contributed by atoms with Gasteiger partial charge in [-0.05, 0) is 39.0 Å². The number of rotatable bonds is 7. The van der Waals surface area contributed by atoms with Crippen LogP contribution in [0.1, 0.15) is 73.6 Å². The molecule has 136 valence electrons. The van der Waals surface area contributed by atoms with E-state index in [-0.39, 0.29) is 29.1 Å². The summed E-state index contributed by atoms with van der Waals surface area (Å²) in [5.41, 5.74) is 1.83. The third-order valence-electron chi connectivity index (χ3n) is 4.65. The van der Waals surface area contributed by atoms with E-state index in [9.17, 15) is 14.4 Å². The number of amides is 3. The van der Waals surface area contributed by atoms with Crippen molar-refractivity contribution < 1.29 is 14.4 Å². The van der Waals surface area contributed by atoms with E-state index in [1.165, 1.54) is 4.90 Å². The average Bonchev–Trinajstić information content (AvgIpc) is 2.74. The predicted molar refractivity (Wildman–Crippen MR) is 94.9 cm³/mol. The number of allylic oxidation sites excluding steroid dienone is 2. The molecule has 0 bridgehead atoms. The van der Waals surface area contributed by atoms with Gasteiger partial charge in [-0.3, -0.25) is 19.3 Å². The smallest absolute Gasteiger partial charge is 0.233 e. The summed E-state index contributed by atoms with van der Waals surface area (Å²) in [6.07, 6.45) is 3.15. The van der Waals surface area contributed by atoms with E-state index in [2.05, 4.69) is 5.32 Å². The normalized spacial score (nSPS) is 18.1. The highest BCUT2D eigenvalue weighted by Gasteiger charge is 2.44. The van der Waals surface area contributed by atoms with Gasteiger partial charge in [0.25, 0.3) is 0 Å². The van der Waals surface area contributed by atoms with Gasteiger partial charge in [0, 0.05) is 25.1 Å². The van der Waals surface area contributed by atoms with Crippen molar-refractivity contribution in [2.75, 3.05) is 6.54 Å². The zero-order chi connectivity index (χ0) is 18.5. The molecule has 5 heteroatoms. The maximum atomic E-state index is 12.4. The predicted octanol–water partition coefficient (Wildman–Crippen LogP) is 3.40. The van der Waals surface area contributed by atoms with Crippen LogP contribution in [-0.4, -0.2) is 29.2 Å². The molecular weight excluding hydrogens is 304 g/mol. The van der Waals surface area contributed by atoms with Crippen molar-refractivity contribution >= 4 is 17.7 Å². The molecule has 0 aromatic heterocycles. The van der Waals surface area contributed by atoms with Gasteiger partial charge in [0.15, 0.2) is 0 Å². The van der Waals surface area contributed by atoms with Crippen molar-refractivity contribution in [3.63, 3.8) is 0 Å². The number of likely N-dealkylation sites (tertiary alicyclic amines) is 1. The highest BCUT2D eigenvalue weighted by atomic mass is 16.2. The molecule has 1 rings (SSSR count). The van der Waals surface area contributed by atoms with E-state index < -0.39 is 0 Å². The van der Waals surface area contributed by atoms with Gasteiger partial charge in [-0.15, -0.1) is 0 Å². The van der Waals surface area contributed by atoms with Gasteiger partial charge in [-0.1, -0.05) is 32.8 Å². The molecule has 5 nitrogen and oxygen atoms in total. The van der Waals surface area contributed by atoms with E-state index >= 15 is 0 Å². The summed E-state index contributed by atoms with van der Waals surface area (Å²) in [7, 11) is 0. The van der Waals surface area contributed by atoms with Crippen LogP contribution in [0.15, 0.2) is 11.3 Å². The second-order valence-electron chi connectivity index (χ2n) is 7.99. The third-order valence-corrected chi connectivity index (χ3v) is 4.65. The maximum Gasteiger partial charge on any atom is 0.233 e. The second kappa shape index (κ2) is 8.45. The number of carbonyl (C=O) groups is 3. The SMILES string of the molecule is CC(C)=C(C)NC(=O)CCCCCN1C(=O)CC(C(C)(C)C)C1=O. The molecule has 24 heavy (non-hydrogen) atoms. The van der Waals surface area contributed by atoms with Crippen molar-refractivity contribution in [3.05, 3.63) is 11.3 Å². The Hall–Kier alpha value is -1.65. The van der Waals surface area contributed by atoms with Gasteiger partial charge in [-0.2, -0.15) is 0 Å². The molecule has 1 saturated heterocycles. The monoisotopic (exact) mass is 336 g/mol. The van der Waals surface area contributed by atoms with Crippen molar-refractivity contribution in [3.8, 4) is 0 Å². The van der Waals surface area contributed by atoms with Crippen LogP contribution in [0.2, 0.25) is 0 Å². The van der Waals surface area contributed by atoms with Gasteiger partial charge < -0.3 is 5.32 Å². The first-order valence-corrected chi connectivity index (χ1v) is 8.82. The first-order chi connectivity index (χ1) is 11.0. The Bertz CT molecular complexity index is 525. The summed E-state index contributed by atoms with van der Waals surface area (Å²) < 4.78 is 0. The van der Waals surface area contributed by atoms with Crippen molar-refractivity contribution in [1.29, 1.82) is 0 Å². The van der Waals surface area contributed by atoms with Crippen LogP contribution in [0.3, 0.4) is 0 Å². The van der Waals surface area contributed by atoms with E-state index in [0.29, 0.717) is 19.4 Å². The van der Waals surface area contributed by atoms with Crippen LogP contribution in [0.25, 0.3) is 0 Å². The lowest BCUT2D eigenvalue weighted by Crippen LogP contribution is -2.34. The molecule has 1 aliphatic heterocycles. The van der Waals surface area contributed by atoms with Crippen molar-refractivity contribution in [1.82, 2.24) is 10.2 Å². The summed E-state index contributed by atoms with van der Waals surface area (Å²) in [5, 5.41) is 2.87. The molecule has 1 N–H and O–H groups in total. The van der Waals surface area contributed by atoms with Crippen LogP contribution >= 0.6 is 0 Å². The molecule has 1 aliphatic rings. The van der Waals surface area contributed by atoms with Crippen LogP contribution in [0, 0.1) is 11.3 Å². The summed E-state index contributed by atoms with van der Waals surface area (Å²) in [4.78, 5) is 37.6. The largest absolute Gasteiger partial charge is 0.330 e. The fourth-order valence-corrected chi connectivity index (χ4v) is 2.72. The zero-order valence-electron chi connectivity index (χ0n) is 16.0. The van der Waals surface area contributed by atoms with E-state index in [1.54, 1.807) is 0 Å². The van der Waals surface area contributed by atoms with E-state index in [4.69, 9.17) is 0 Å². The van der Waals surface area contributed by atoms with E-state index in [1.807, 2.05) is 41.5 Å². The Kier molecular flexibility index (Phi) is 7.18. The van der Waals surface area contributed by atoms with Gasteiger partial charge in [0.2, 0.25) is 17.7 Å². The fraction of sp³-hybridized carbons (Fsp3) is 0.737. The van der Waals surface area contributed by atoms with Gasteiger partial charge in [-0.25, -0.2) is 0 Å². The van der Waals surface area contributed by atoms with Gasteiger partial charge in [0.05, 0.1) is 5.92 Å². The number of carbonyl (C=O) groups excluding carboxylic acids is 3. The van der Waals surface area contributed by atoms with Crippen molar-refractivity contribution in [2.24, 2.45) is 11.3 Å². The lowest BCUT2D eigenvalue weighted by Gasteiger charge is -2.24. The average molecular weight is 336 g/mol. The molecule has 0 aromatic rings. The molecular formula is C19H32N2O3. The summed E-state index contributed by atoms with van der Waals surface area (Å²) in [5.74, 6) is -0.279. The van der Waals surface area contributed by atoms with Crippen LogP contribution in [-0.2, 0) is 14.4 Å². The molecule has 1 unspecified atom stereocenters. The number of hydrogen-bond acceptors (Lipinski definition) is 3. The van der Waals surface area contributed by atoms with Gasteiger partial charge >= 0.3 is 0 Å². The minimum atomic E-state index is -0.206. The number of hydrogen-bond donors (Lipinski definition) is 1. The third kappa shape index (κ3) is 5.77. The molecule has 0 saturated carbocycles. The Balaban J connectivity index is 2.31. The number of imide groups is 1. The number of nitrogens with one attached hydrogen (secondary N) is 1. The lowest BCUT2D eigenvalue weighted by atomic mass is 9.80. The quantitative estimate of drug-likeness (QED) is 0.572. The fourth-order valence-electron chi connectivity index (χ4n) is 2.72. The Morgan fingerprint density at radius 2 is 1.75 bits per heavy atom. The molecule has 1 atom stereocenters. The van der Waals surface area contributed by atoms with Crippen LogP contribution in [0.5, 0.6) is 0 Å². The lowest BCUT2D eigenvalue weighted by molar-refractivity contribution is -0.140. The first kappa shape index (κ1) is 20.4. The Labute approximate surface area is 145 Å². The number of nitrogens with zero attached hydrogens (tertiary/aromatic N) is 1. The summed E-state index contributed by atoms with van der Waals surface area (Å²) >= 11 is 0. The molecule has 0 radical (unpaired) electrons. The second-order valence-corrected chi connectivity index (χ2v) is 7.99. The highest BCUT2D eigenvalue weighted by molar-refractivity contribution is 6.03. The first-order valence-electron chi connectivity index (χ1n) is 8.82. The molecule has 0 aromatic carbocycles. The zero-order valence-corrected chi connectivity index (χ0v) is 16.0. The standard InChI is InChI=1S/C19H32N2O3/c1-13(2)14(3)20-16(22)10-8-7-9-11-21-17(23)12-15(18(21)24)19(4,5)6/h15H,7-12H2,1-6H3,(H,20,22). The molecule has 0 aliphatic carbocycles. The molecule has 3 amide bonds. The highest BCUT2D eigenvalue weighted by Crippen LogP contribution is 2.35. The minimum absolute atomic E-state index is 0.0230.